The summed E-state index contributed by atoms with van der Waals surface area (Å²) >= 11 is 0. The molecule has 0 fully saturated rings. The molecule has 1 heterocycles. The van der Waals surface area contributed by atoms with Crippen LogP contribution in [0.25, 0.3) is 0 Å². The Hall–Kier alpha value is -2.41. The van der Waals surface area contributed by atoms with Gasteiger partial charge >= 0.3 is 5.97 Å². The third-order valence-corrected chi connectivity index (χ3v) is 3.00. The van der Waals surface area contributed by atoms with Gasteiger partial charge in [0, 0.05) is 13.1 Å². The fourth-order valence-corrected chi connectivity index (χ4v) is 1.91. The van der Waals surface area contributed by atoms with Crippen molar-refractivity contribution in [2.45, 2.75) is 19.5 Å². The maximum atomic E-state index is 11.0. The lowest BCUT2D eigenvalue weighted by Crippen LogP contribution is -2.13. The van der Waals surface area contributed by atoms with Gasteiger partial charge in [-0.15, -0.1) is 5.10 Å². The number of aromatic carboxylic acids is 1. The third-order valence-electron chi connectivity index (χ3n) is 3.00. The van der Waals surface area contributed by atoms with Crippen molar-refractivity contribution >= 4 is 5.97 Å². The zero-order chi connectivity index (χ0) is 14.5. The Balaban J connectivity index is 2.08. The maximum absolute atomic E-state index is 11.0. The van der Waals surface area contributed by atoms with E-state index in [-0.39, 0.29) is 12.2 Å². The molecule has 3 N–H and O–H groups in total. The monoisotopic (exact) mass is 276 g/mol. The minimum atomic E-state index is -1.11. The van der Waals surface area contributed by atoms with Crippen LogP contribution in [0.1, 0.15) is 21.7 Å². The molecule has 0 atom stereocenters. The smallest absolute Gasteiger partial charge is 0.358 e. The zero-order valence-electron chi connectivity index (χ0n) is 11.1. The van der Waals surface area contributed by atoms with Gasteiger partial charge in [-0.3, -0.25) is 0 Å². The Bertz CT molecular complexity index is 592. The van der Waals surface area contributed by atoms with E-state index in [1.54, 1.807) is 7.11 Å². The van der Waals surface area contributed by atoms with Crippen LogP contribution in [0.5, 0.6) is 5.75 Å². The van der Waals surface area contributed by atoms with Gasteiger partial charge in [0.05, 0.1) is 12.8 Å². The molecule has 0 spiro atoms. The Kier molecular flexibility index (Phi) is 4.31. The van der Waals surface area contributed by atoms with Gasteiger partial charge in [0.15, 0.2) is 5.69 Å². The van der Waals surface area contributed by atoms with Crippen molar-refractivity contribution in [3.63, 3.8) is 0 Å². The molecular weight excluding hydrogens is 260 g/mol. The van der Waals surface area contributed by atoms with E-state index in [4.69, 9.17) is 15.6 Å². The lowest BCUT2D eigenvalue weighted by atomic mass is 10.1. The van der Waals surface area contributed by atoms with Crippen LogP contribution < -0.4 is 10.5 Å². The van der Waals surface area contributed by atoms with E-state index in [2.05, 4.69) is 10.3 Å². The minimum absolute atomic E-state index is 0.0813. The fourth-order valence-electron chi connectivity index (χ4n) is 1.91. The summed E-state index contributed by atoms with van der Waals surface area (Å²) in [7, 11) is 1.62. The number of carbonyl (C=O) groups is 1. The van der Waals surface area contributed by atoms with E-state index in [9.17, 15) is 4.79 Å². The minimum Gasteiger partial charge on any atom is -0.497 e. The highest BCUT2D eigenvalue weighted by atomic mass is 16.5. The molecule has 0 saturated carbocycles. The maximum Gasteiger partial charge on any atom is 0.358 e. The number of hydrogen-bond donors (Lipinski definition) is 2. The number of nitrogens with zero attached hydrogens (tertiary/aromatic N) is 3. The number of nitrogens with two attached hydrogens (primary N) is 1. The quantitative estimate of drug-likeness (QED) is 0.804. The normalized spacial score (nSPS) is 10.5. The number of rotatable bonds is 6. The van der Waals surface area contributed by atoms with Crippen LogP contribution in [0.2, 0.25) is 0 Å². The predicted octanol–water partition coefficient (Wildman–Crippen LogP) is 0.686. The van der Waals surface area contributed by atoms with Gasteiger partial charge in [-0.1, -0.05) is 17.3 Å². The van der Waals surface area contributed by atoms with Crippen LogP contribution >= 0.6 is 0 Å². The summed E-state index contributed by atoms with van der Waals surface area (Å²) in [5.41, 5.74) is 7.01. The van der Waals surface area contributed by atoms with Crippen molar-refractivity contribution in [3.05, 3.63) is 41.2 Å². The SMILES string of the molecule is COc1ccc(CCn2nnc(C(=O)O)c2CN)cc1. The highest BCUT2D eigenvalue weighted by Crippen LogP contribution is 2.13. The van der Waals surface area contributed by atoms with Gasteiger partial charge in [0.1, 0.15) is 5.75 Å². The molecule has 0 aliphatic rings. The molecule has 0 saturated heterocycles. The third kappa shape index (κ3) is 2.94. The van der Waals surface area contributed by atoms with E-state index in [1.807, 2.05) is 24.3 Å². The highest BCUT2D eigenvalue weighted by molar-refractivity contribution is 5.86. The molecule has 0 bridgehead atoms. The van der Waals surface area contributed by atoms with Gasteiger partial charge < -0.3 is 15.6 Å². The summed E-state index contributed by atoms with van der Waals surface area (Å²) in [6.45, 7) is 0.621. The highest BCUT2D eigenvalue weighted by Gasteiger charge is 2.17. The van der Waals surface area contributed by atoms with E-state index in [0.29, 0.717) is 18.7 Å². The van der Waals surface area contributed by atoms with Crippen LogP contribution in [0.4, 0.5) is 0 Å². The van der Waals surface area contributed by atoms with Crippen molar-refractivity contribution in [2.75, 3.05) is 7.11 Å². The molecule has 1 aromatic carbocycles. The number of benzene rings is 1. The molecule has 0 unspecified atom stereocenters. The van der Waals surface area contributed by atoms with E-state index >= 15 is 0 Å². The first-order chi connectivity index (χ1) is 9.65. The lowest BCUT2D eigenvalue weighted by Gasteiger charge is -2.06. The summed E-state index contributed by atoms with van der Waals surface area (Å²) < 4.78 is 6.62. The molecule has 0 aliphatic carbocycles. The first kappa shape index (κ1) is 14.0. The molecule has 106 valence electrons. The van der Waals surface area contributed by atoms with Crippen molar-refractivity contribution in [1.29, 1.82) is 0 Å². The average Bonchev–Trinajstić information content (AvgIpc) is 2.88. The first-order valence-electron chi connectivity index (χ1n) is 6.14. The predicted molar refractivity (Wildman–Crippen MR) is 71.6 cm³/mol. The number of methoxy groups -OCH3 is 1. The van der Waals surface area contributed by atoms with Crippen LogP contribution in [-0.2, 0) is 19.5 Å². The second-order valence-electron chi connectivity index (χ2n) is 4.22. The second kappa shape index (κ2) is 6.16. The first-order valence-corrected chi connectivity index (χ1v) is 6.14. The number of aryl methyl sites for hydroxylation is 2. The van der Waals surface area contributed by atoms with Gasteiger partial charge in [-0.05, 0) is 24.1 Å². The molecule has 0 amide bonds. The molecule has 0 aliphatic heterocycles. The Labute approximate surface area is 116 Å². The second-order valence-corrected chi connectivity index (χ2v) is 4.22. The molecule has 2 rings (SSSR count). The van der Waals surface area contributed by atoms with Gasteiger partial charge in [0.25, 0.3) is 0 Å². The molecule has 20 heavy (non-hydrogen) atoms. The lowest BCUT2D eigenvalue weighted by molar-refractivity contribution is 0.0689. The number of ether oxygens (including phenoxy) is 1. The Morgan fingerprint density at radius 1 is 1.40 bits per heavy atom. The fraction of sp³-hybridized carbons (Fsp3) is 0.308. The van der Waals surface area contributed by atoms with Gasteiger partial charge in [-0.2, -0.15) is 0 Å². The number of hydrogen-bond acceptors (Lipinski definition) is 5. The summed E-state index contributed by atoms with van der Waals surface area (Å²) in [4.78, 5) is 11.0. The van der Waals surface area contributed by atoms with Gasteiger partial charge in [-0.25, -0.2) is 9.48 Å². The van der Waals surface area contributed by atoms with Gasteiger partial charge in [0.2, 0.25) is 0 Å². The molecular formula is C13H16N4O3. The van der Waals surface area contributed by atoms with E-state index in [0.717, 1.165) is 11.3 Å². The molecule has 7 heteroatoms. The molecule has 2 aromatic rings. The molecule has 0 radical (unpaired) electrons. The van der Waals surface area contributed by atoms with Crippen LogP contribution in [0.15, 0.2) is 24.3 Å². The van der Waals surface area contributed by atoms with E-state index in [1.165, 1.54) is 4.68 Å². The van der Waals surface area contributed by atoms with E-state index < -0.39 is 5.97 Å². The zero-order valence-corrected chi connectivity index (χ0v) is 11.1. The van der Waals surface area contributed by atoms with Crippen LogP contribution in [0, 0.1) is 0 Å². The Morgan fingerprint density at radius 3 is 2.65 bits per heavy atom. The number of aromatic nitrogens is 3. The average molecular weight is 276 g/mol. The van der Waals surface area contributed by atoms with Crippen LogP contribution in [-0.4, -0.2) is 33.2 Å². The number of carboxylic acid groups (broad SMARTS) is 1. The van der Waals surface area contributed by atoms with Crippen molar-refractivity contribution in [3.8, 4) is 5.75 Å². The van der Waals surface area contributed by atoms with Crippen molar-refractivity contribution < 1.29 is 14.6 Å². The summed E-state index contributed by atoms with van der Waals surface area (Å²) in [6, 6.07) is 7.67. The topological polar surface area (TPSA) is 103 Å². The standard InChI is InChI=1S/C13H16N4O3/c1-20-10-4-2-9(3-5-10)6-7-17-11(8-14)12(13(18)19)15-16-17/h2-5H,6-8,14H2,1H3,(H,18,19). The summed E-state index contributed by atoms with van der Waals surface area (Å²) in [5, 5.41) is 16.4. The Morgan fingerprint density at radius 2 is 2.10 bits per heavy atom. The summed E-state index contributed by atoms with van der Waals surface area (Å²) in [5.74, 6) is -0.313. The van der Waals surface area contributed by atoms with Crippen molar-refractivity contribution in [2.24, 2.45) is 5.73 Å². The molecule has 7 nitrogen and oxygen atoms in total. The number of carboxylic acids is 1. The van der Waals surface area contributed by atoms with Crippen molar-refractivity contribution in [1.82, 2.24) is 15.0 Å². The largest absolute Gasteiger partial charge is 0.497 e. The summed E-state index contributed by atoms with van der Waals surface area (Å²) in [6.07, 6.45) is 0.708. The van der Waals surface area contributed by atoms with Crippen LogP contribution in [0.3, 0.4) is 0 Å². The molecule has 1 aromatic heterocycles.